The Morgan fingerprint density at radius 2 is 1.93 bits per heavy atom. The lowest BCUT2D eigenvalue weighted by atomic mass is 9.96. The Morgan fingerprint density at radius 3 is 2.36 bits per heavy atom. The van der Waals surface area contributed by atoms with Crippen LogP contribution in [0.5, 0.6) is 0 Å². The Labute approximate surface area is 87.7 Å². The van der Waals surface area contributed by atoms with Gasteiger partial charge in [0, 0.05) is 0 Å². The van der Waals surface area contributed by atoms with E-state index in [1.165, 1.54) is 12.1 Å². The maximum atomic E-state index is 12.9. The summed E-state index contributed by atoms with van der Waals surface area (Å²) in [6, 6.07) is 4.48. The number of hydrogen-bond donors (Lipinski definition) is 1. The first-order chi connectivity index (χ1) is 6.25. The highest BCUT2D eigenvalue weighted by atomic mass is 79.9. The molecule has 1 aromatic rings. The summed E-state index contributed by atoms with van der Waals surface area (Å²) in [5.74, 6) is -0.667. The summed E-state index contributed by atoms with van der Waals surface area (Å²) < 4.78 is 38.4. The van der Waals surface area contributed by atoms with E-state index in [1.807, 2.05) is 0 Å². The lowest BCUT2D eigenvalue weighted by Gasteiger charge is -2.28. The summed E-state index contributed by atoms with van der Waals surface area (Å²) in [4.78, 5) is -3.51. The monoisotopic (exact) mass is 268 g/mol. The Bertz CT molecular complexity index is 333. The van der Waals surface area contributed by atoms with E-state index in [2.05, 4.69) is 15.9 Å². The van der Waals surface area contributed by atoms with E-state index < -0.39 is 16.3 Å². The van der Waals surface area contributed by atoms with Crippen LogP contribution in [0.15, 0.2) is 24.3 Å². The summed E-state index contributed by atoms with van der Waals surface area (Å²) in [5.41, 5.74) is -2.62. The molecule has 0 aliphatic carbocycles. The smallest absolute Gasteiger partial charge is 0.333 e. The lowest BCUT2D eigenvalue weighted by molar-refractivity contribution is -0.109. The van der Waals surface area contributed by atoms with Crippen LogP contribution in [0.25, 0.3) is 0 Å². The van der Waals surface area contributed by atoms with Crippen LogP contribution in [-0.2, 0) is 5.60 Å². The van der Waals surface area contributed by atoms with Crippen LogP contribution >= 0.6 is 15.9 Å². The molecule has 1 unspecified atom stereocenters. The maximum absolute atomic E-state index is 12.9. The molecule has 0 aliphatic heterocycles. The topological polar surface area (TPSA) is 20.2 Å². The van der Waals surface area contributed by atoms with E-state index in [1.54, 1.807) is 0 Å². The van der Waals surface area contributed by atoms with Gasteiger partial charge in [-0.15, -0.1) is 0 Å². The molecule has 78 valence electrons. The van der Waals surface area contributed by atoms with E-state index >= 15 is 0 Å². The molecule has 0 heterocycles. The minimum Gasteiger partial charge on any atom is -0.378 e. The van der Waals surface area contributed by atoms with Gasteiger partial charge in [-0.2, -0.15) is 8.78 Å². The Balaban J connectivity index is 3.16. The van der Waals surface area contributed by atoms with Crippen molar-refractivity contribution in [3.63, 3.8) is 0 Å². The van der Waals surface area contributed by atoms with Crippen LogP contribution in [0.4, 0.5) is 13.2 Å². The van der Waals surface area contributed by atoms with Crippen LogP contribution in [-0.4, -0.2) is 9.94 Å². The van der Waals surface area contributed by atoms with Crippen molar-refractivity contribution >= 4 is 15.9 Å². The van der Waals surface area contributed by atoms with Gasteiger partial charge in [-0.1, -0.05) is 12.1 Å². The van der Waals surface area contributed by atoms with Gasteiger partial charge < -0.3 is 5.11 Å². The Morgan fingerprint density at radius 1 is 1.36 bits per heavy atom. The van der Waals surface area contributed by atoms with E-state index in [4.69, 9.17) is 0 Å². The fraction of sp³-hybridized carbons (Fsp3) is 0.333. The molecule has 0 aliphatic rings. The van der Waals surface area contributed by atoms with Gasteiger partial charge in [0.15, 0.2) is 5.60 Å². The van der Waals surface area contributed by atoms with E-state index in [0.29, 0.717) is 0 Å². The Hall–Kier alpha value is -0.550. The first kappa shape index (κ1) is 11.5. The van der Waals surface area contributed by atoms with E-state index in [0.717, 1.165) is 19.1 Å². The first-order valence-electron chi connectivity index (χ1n) is 3.80. The van der Waals surface area contributed by atoms with Crippen molar-refractivity contribution in [2.75, 3.05) is 0 Å². The van der Waals surface area contributed by atoms with Crippen molar-refractivity contribution in [2.24, 2.45) is 0 Å². The van der Waals surface area contributed by atoms with Gasteiger partial charge >= 0.3 is 4.83 Å². The SMILES string of the molecule is CC(O)(c1cccc(F)c1)C(F)(F)Br. The summed E-state index contributed by atoms with van der Waals surface area (Å²) in [7, 11) is 0. The third-order valence-corrected chi connectivity index (χ3v) is 2.71. The van der Waals surface area contributed by atoms with Crippen LogP contribution in [0.1, 0.15) is 12.5 Å². The van der Waals surface area contributed by atoms with Crippen molar-refractivity contribution in [2.45, 2.75) is 17.4 Å². The molecule has 0 fully saturated rings. The van der Waals surface area contributed by atoms with Gasteiger partial charge in [-0.3, -0.25) is 0 Å². The molecule has 0 spiro atoms. The molecule has 5 heteroatoms. The molecule has 14 heavy (non-hydrogen) atoms. The first-order valence-corrected chi connectivity index (χ1v) is 4.59. The second-order valence-electron chi connectivity index (χ2n) is 3.08. The molecule has 1 atom stereocenters. The molecule has 0 aromatic heterocycles. The van der Waals surface area contributed by atoms with Crippen molar-refractivity contribution < 1.29 is 18.3 Å². The fourth-order valence-electron chi connectivity index (χ4n) is 0.955. The number of halogens is 4. The van der Waals surface area contributed by atoms with Crippen molar-refractivity contribution in [1.29, 1.82) is 0 Å². The fourth-order valence-corrected chi connectivity index (χ4v) is 1.18. The summed E-state index contributed by atoms with van der Waals surface area (Å²) >= 11 is 2.06. The summed E-state index contributed by atoms with van der Waals surface area (Å²) in [5, 5.41) is 9.48. The van der Waals surface area contributed by atoms with Gasteiger partial charge in [0.2, 0.25) is 0 Å². The lowest BCUT2D eigenvalue weighted by Crippen LogP contribution is -2.37. The second kappa shape index (κ2) is 3.55. The molecular formula is C9H8BrF3O. The summed E-state index contributed by atoms with van der Waals surface area (Å²) in [6.45, 7) is 0.913. The zero-order valence-electron chi connectivity index (χ0n) is 7.27. The molecular weight excluding hydrogens is 261 g/mol. The number of alkyl halides is 3. The summed E-state index contributed by atoms with van der Waals surface area (Å²) in [6.07, 6.45) is 0. The van der Waals surface area contributed by atoms with Gasteiger partial charge in [0.25, 0.3) is 0 Å². The average molecular weight is 269 g/mol. The molecule has 0 bridgehead atoms. The third-order valence-electron chi connectivity index (χ3n) is 1.94. The maximum Gasteiger partial charge on any atom is 0.333 e. The quantitative estimate of drug-likeness (QED) is 0.818. The molecule has 0 radical (unpaired) electrons. The largest absolute Gasteiger partial charge is 0.378 e. The van der Waals surface area contributed by atoms with Gasteiger partial charge in [-0.25, -0.2) is 4.39 Å². The minimum atomic E-state index is -3.51. The number of aliphatic hydroxyl groups is 1. The predicted octanol–water partition coefficient (Wildman–Crippen LogP) is 3.02. The van der Waals surface area contributed by atoms with Crippen LogP contribution in [0.2, 0.25) is 0 Å². The van der Waals surface area contributed by atoms with Crippen LogP contribution in [0, 0.1) is 5.82 Å². The van der Waals surface area contributed by atoms with Crippen LogP contribution < -0.4 is 0 Å². The van der Waals surface area contributed by atoms with Crippen molar-refractivity contribution in [3.05, 3.63) is 35.6 Å². The highest BCUT2D eigenvalue weighted by Crippen LogP contribution is 2.41. The highest BCUT2D eigenvalue weighted by molar-refractivity contribution is 9.10. The number of hydrogen-bond acceptors (Lipinski definition) is 1. The molecule has 1 aromatic carbocycles. The predicted molar refractivity (Wildman–Crippen MR) is 49.8 cm³/mol. The molecule has 1 N–H and O–H groups in total. The molecule has 1 nitrogen and oxygen atoms in total. The Kier molecular flexibility index (Phi) is 2.92. The van der Waals surface area contributed by atoms with Gasteiger partial charge in [0.1, 0.15) is 5.82 Å². The number of rotatable bonds is 2. The standard InChI is InChI=1S/C9H8BrF3O/c1-8(14,9(10,12)13)6-3-2-4-7(11)5-6/h2-5,14H,1H3. The normalized spacial score (nSPS) is 16.4. The molecule has 0 amide bonds. The molecule has 0 saturated heterocycles. The van der Waals surface area contributed by atoms with Crippen molar-refractivity contribution in [1.82, 2.24) is 0 Å². The average Bonchev–Trinajstić information content (AvgIpc) is 2.02. The third kappa shape index (κ3) is 2.09. The van der Waals surface area contributed by atoms with Crippen LogP contribution in [0.3, 0.4) is 0 Å². The molecule has 1 rings (SSSR count). The second-order valence-corrected chi connectivity index (χ2v) is 4.08. The van der Waals surface area contributed by atoms with E-state index in [9.17, 15) is 18.3 Å². The van der Waals surface area contributed by atoms with Crippen molar-refractivity contribution in [3.8, 4) is 0 Å². The highest BCUT2D eigenvalue weighted by Gasteiger charge is 2.48. The zero-order chi connectivity index (χ0) is 11.0. The zero-order valence-corrected chi connectivity index (χ0v) is 8.85. The van der Waals surface area contributed by atoms with Gasteiger partial charge in [0.05, 0.1) is 0 Å². The minimum absolute atomic E-state index is 0.181. The van der Waals surface area contributed by atoms with Gasteiger partial charge in [-0.05, 0) is 40.5 Å². The molecule has 0 saturated carbocycles. The number of benzene rings is 1. The van der Waals surface area contributed by atoms with E-state index in [-0.39, 0.29) is 5.56 Å².